The summed E-state index contributed by atoms with van der Waals surface area (Å²) in [5.41, 5.74) is -4.66. The van der Waals surface area contributed by atoms with Crippen LogP contribution in [-0.2, 0) is 36.1 Å². The van der Waals surface area contributed by atoms with Crippen molar-refractivity contribution in [3.8, 4) is 11.1 Å². The zero-order valence-electron chi connectivity index (χ0n) is 28.1. The number of carbonyl (C=O) groups is 2. The zero-order chi connectivity index (χ0) is 38.9. The molecule has 54 heavy (non-hydrogen) atoms. The molecule has 0 unspecified atom stereocenters. The van der Waals surface area contributed by atoms with Crippen LogP contribution in [0.2, 0.25) is 0 Å². The van der Waals surface area contributed by atoms with Crippen molar-refractivity contribution >= 4 is 17.5 Å². The number of Topliss-reactive ketones (excluding diaryl/α,β-unsaturated/α-hetero) is 2. The molecule has 3 heterocycles. The number of anilines is 1. The first-order valence-corrected chi connectivity index (χ1v) is 16.4. The van der Waals surface area contributed by atoms with E-state index < -0.39 is 96.0 Å². The van der Waals surface area contributed by atoms with Crippen LogP contribution in [0.3, 0.4) is 0 Å². The molecular weight excluding hydrogens is 735 g/mol. The summed E-state index contributed by atoms with van der Waals surface area (Å²) in [6.45, 7) is 0.475. The Morgan fingerprint density at radius 1 is 0.963 bits per heavy atom. The first-order chi connectivity index (χ1) is 25.5. The minimum Gasteiger partial charge on any atom is -0.352 e. The quantitative estimate of drug-likeness (QED) is 0.0909. The number of fused-ring (bicyclic) bond motifs is 1. The summed E-state index contributed by atoms with van der Waals surface area (Å²) in [6, 6.07) is 6.09. The van der Waals surface area contributed by atoms with Gasteiger partial charge in [-0.05, 0) is 48.7 Å². The Kier molecular flexibility index (Phi) is 10.6. The Hall–Kier alpha value is -5.62. The number of rotatable bonds is 14. The molecule has 0 bridgehead atoms. The van der Waals surface area contributed by atoms with Crippen molar-refractivity contribution in [2.24, 2.45) is 0 Å². The molecule has 1 N–H and O–H groups in total. The maximum atomic E-state index is 15.1. The minimum absolute atomic E-state index is 0.0139. The molecule has 10 nitrogen and oxygen atoms in total. The van der Waals surface area contributed by atoms with Crippen molar-refractivity contribution in [2.45, 2.75) is 69.9 Å². The van der Waals surface area contributed by atoms with Gasteiger partial charge in [0.05, 0.1) is 29.6 Å². The van der Waals surface area contributed by atoms with E-state index in [1.54, 1.807) is 6.20 Å². The monoisotopic (exact) mass is 764 g/mol. The highest BCUT2D eigenvalue weighted by Crippen LogP contribution is 2.52. The van der Waals surface area contributed by atoms with Gasteiger partial charge < -0.3 is 5.32 Å². The fourth-order valence-electron chi connectivity index (χ4n) is 6.43. The second kappa shape index (κ2) is 15.0. The van der Waals surface area contributed by atoms with Crippen LogP contribution < -0.4 is 5.32 Å². The molecule has 0 aliphatic heterocycles. The van der Waals surface area contributed by atoms with Gasteiger partial charge in [-0.1, -0.05) is 11.3 Å². The predicted molar refractivity (Wildman–Crippen MR) is 173 cm³/mol. The fourth-order valence-corrected chi connectivity index (χ4v) is 6.43. The standard InChI is InChI=1S/C35H29F9N8O2/c1-18(53)25-14-20(2-3-27(25)38)26-16-46-33(45-6-8-51-9-7-47-50-51)48-29(26)21(10-19-11-22(36)15-23(37)12-19)13-24(54)17-52-31-28(30(49-52)32(39)40)34(41,42)4-5-35(31,43)44/h2-3,7,9,11-12,14-16,21,32H,4-6,8,10,13,17H2,1H3,(H,45,46,48)/t21-/m1/s1. The molecule has 0 saturated carbocycles. The molecule has 2 aromatic carbocycles. The van der Waals surface area contributed by atoms with Crippen LogP contribution in [0.5, 0.6) is 0 Å². The third kappa shape index (κ3) is 8.13. The van der Waals surface area contributed by atoms with Crippen molar-refractivity contribution < 1.29 is 49.1 Å². The van der Waals surface area contributed by atoms with Gasteiger partial charge >= 0.3 is 0 Å². The average molecular weight is 765 g/mol. The molecule has 5 aromatic rings. The molecule has 0 spiro atoms. The molecule has 1 atom stereocenters. The van der Waals surface area contributed by atoms with Gasteiger partial charge in [0.15, 0.2) is 11.6 Å². The lowest BCUT2D eigenvalue weighted by Crippen LogP contribution is -2.33. The molecule has 3 aromatic heterocycles. The lowest BCUT2D eigenvalue weighted by molar-refractivity contribution is -0.121. The Morgan fingerprint density at radius 2 is 1.69 bits per heavy atom. The summed E-state index contributed by atoms with van der Waals surface area (Å²) in [6.07, 6.45) is -3.14. The second-order valence-electron chi connectivity index (χ2n) is 12.7. The van der Waals surface area contributed by atoms with Crippen molar-refractivity contribution in [1.82, 2.24) is 34.7 Å². The highest BCUT2D eigenvalue weighted by molar-refractivity contribution is 5.95. The maximum absolute atomic E-state index is 15.1. The van der Waals surface area contributed by atoms with E-state index in [0.29, 0.717) is 12.6 Å². The van der Waals surface area contributed by atoms with Gasteiger partial charge in [0.2, 0.25) is 5.95 Å². The van der Waals surface area contributed by atoms with E-state index in [-0.39, 0.29) is 51.5 Å². The molecule has 0 radical (unpaired) electrons. The number of nitrogens with zero attached hydrogens (tertiary/aromatic N) is 7. The first kappa shape index (κ1) is 38.1. The number of hydrogen-bond donors (Lipinski definition) is 1. The van der Waals surface area contributed by atoms with Gasteiger partial charge in [0.25, 0.3) is 18.3 Å². The van der Waals surface area contributed by atoms with Crippen LogP contribution in [0, 0.1) is 17.5 Å². The second-order valence-corrected chi connectivity index (χ2v) is 12.7. The third-order valence-electron chi connectivity index (χ3n) is 8.81. The molecule has 0 amide bonds. The topological polar surface area (TPSA) is 120 Å². The Labute approximate surface area is 300 Å². The van der Waals surface area contributed by atoms with Crippen molar-refractivity contribution in [3.05, 3.63) is 106 Å². The number of benzene rings is 2. The summed E-state index contributed by atoms with van der Waals surface area (Å²) in [5.74, 6) is -13.7. The number of aromatic nitrogens is 7. The highest BCUT2D eigenvalue weighted by Gasteiger charge is 2.55. The van der Waals surface area contributed by atoms with Crippen LogP contribution in [0.25, 0.3) is 11.1 Å². The number of alkyl halides is 6. The minimum atomic E-state index is -4.07. The van der Waals surface area contributed by atoms with Gasteiger partial charge in [-0.3, -0.25) is 19.0 Å². The lowest BCUT2D eigenvalue weighted by atomic mass is 9.86. The molecule has 0 fully saturated rings. The van der Waals surface area contributed by atoms with Crippen molar-refractivity contribution in [1.29, 1.82) is 0 Å². The Bertz CT molecular complexity index is 2170. The number of ketones is 2. The fraction of sp³-hybridized carbons (Fsp3) is 0.343. The summed E-state index contributed by atoms with van der Waals surface area (Å²) < 4.78 is 133. The van der Waals surface area contributed by atoms with E-state index in [1.807, 2.05) is 0 Å². The molecule has 6 rings (SSSR count). The molecule has 0 saturated heterocycles. The average Bonchev–Trinajstić information content (AvgIpc) is 3.76. The van der Waals surface area contributed by atoms with Crippen molar-refractivity contribution in [3.63, 3.8) is 0 Å². The molecular formula is C35H29F9N8O2. The van der Waals surface area contributed by atoms with Gasteiger partial charge in [-0.15, -0.1) is 5.10 Å². The highest BCUT2D eigenvalue weighted by atomic mass is 19.3. The number of nitrogens with one attached hydrogen (secondary N) is 1. The van der Waals surface area contributed by atoms with Gasteiger partial charge in [-0.2, -0.15) is 13.9 Å². The van der Waals surface area contributed by atoms with Crippen LogP contribution in [0.15, 0.2) is 55.0 Å². The summed E-state index contributed by atoms with van der Waals surface area (Å²) in [4.78, 5) is 34.9. The Morgan fingerprint density at radius 3 is 2.35 bits per heavy atom. The van der Waals surface area contributed by atoms with Crippen LogP contribution >= 0.6 is 0 Å². The van der Waals surface area contributed by atoms with Gasteiger partial charge in [0, 0.05) is 55.7 Å². The smallest absolute Gasteiger partial charge is 0.290 e. The molecule has 19 heteroatoms. The number of halogens is 9. The zero-order valence-corrected chi connectivity index (χ0v) is 28.1. The van der Waals surface area contributed by atoms with E-state index in [1.165, 1.54) is 29.2 Å². The molecule has 284 valence electrons. The van der Waals surface area contributed by atoms with E-state index in [9.17, 15) is 40.3 Å². The normalized spacial score (nSPS) is 15.2. The Balaban J connectivity index is 1.43. The third-order valence-corrected chi connectivity index (χ3v) is 8.81. The van der Waals surface area contributed by atoms with Gasteiger partial charge in [-0.25, -0.2) is 40.7 Å². The first-order valence-electron chi connectivity index (χ1n) is 16.4. The van der Waals surface area contributed by atoms with E-state index in [0.717, 1.165) is 25.1 Å². The van der Waals surface area contributed by atoms with Crippen LogP contribution in [-0.4, -0.2) is 52.9 Å². The van der Waals surface area contributed by atoms with Crippen LogP contribution in [0.1, 0.15) is 77.1 Å². The van der Waals surface area contributed by atoms with E-state index in [2.05, 4.69) is 30.7 Å². The van der Waals surface area contributed by atoms with Crippen LogP contribution in [0.4, 0.5) is 45.5 Å². The number of hydrogen-bond acceptors (Lipinski definition) is 8. The predicted octanol–water partition coefficient (Wildman–Crippen LogP) is 7.56. The summed E-state index contributed by atoms with van der Waals surface area (Å²) >= 11 is 0. The summed E-state index contributed by atoms with van der Waals surface area (Å²) in [5, 5.41) is 13.9. The summed E-state index contributed by atoms with van der Waals surface area (Å²) in [7, 11) is 0. The van der Waals surface area contributed by atoms with Gasteiger partial charge in [0.1, 0.15) is 35.4 Å². The molecule has 1 aliphatic rings. The number of carbonyl (C=O) groups excluding carboxylic acids is 2. The van der Waals surface area contributed by atoms with E-state index >= 15 is 8.78 Å². The van der Waals surface area contributed by atoms with E-state index in [4.69, 9.17) is 0 Å². The SMILES string of the molecule is CC(=O)c1cc(-c2cnc(NCCn3ccnn3)nc2[C@@H](CC(=O)Cn2nc(C(F)F)c3c2C(F)(F)CCC3(F)F)Cc2cc(F)cc(F)c2)ccc1F. The van der Waals surface area contributed by atoms with Crippen molar-refractivity contribution in [2.75, 3.05) is 11.9 Å². The maximum Gasteiger partial charge on any atom is 0.290 e. The lowest BCUT2D eigenvalue weighted by Gasteiger charge is -2.29. The largest absolute Gasteiger partial charge is 0.352 e. The molecule has 1 aliphatic carbocycles.